The first kappa shape index (κ1) is 14.8. The minimum Gasteiger partial charge on any atom is -0.495 e. The predicted octanol–water partition coefficient (Wildman–Crippen LogP) is 0.697. The summed E-state index contributed by atoms with van der Waals surface area (Å²) >= 11 is 0. The van der Waals surface area contributed by atoms with Crippen molar-refractivity contribution in [2.45, 2.75) is 17.9 Å². The lowest BCUT2D eigenvalue weighted by Gasteiger charge is -2.11. The number of benzene rings is 1. The molecule has 0 heterocycles. The fourth-order valence-electron chi connectivity index (χ4n) is 1.31. The van der Waals surface area contributed by atoms with Crippen LogP contribution < -0.4 is 15.2 Å². The van der Waals surface area contributed by atoms with Gasteiger partial charge in [0.1, 0.15) is 10.6 Å². The molecule has 0 aliphatic carbocycles. The topological polar surface area (TPSA) is 81.4 Å². The van der Waals surface area contributed by atoms with Crippen LogP contribution in [0, 0.1) is 0 Å². The molecule has 102 valence electrons. The molecule has 0 fully saturated rings. The van der Waals surface area contributed by atoms with E-state index in [0.29, 0.717) is 5.56 Å². The molecular formula is C10H14F2N2O3S. The van der Waals surface area contributed by atoms with Crippen LogP contribution in [0.5, 0.6) is 5.75 Å². The molecule has 0 bridgehead atoms. The van der Waals surface area contributed by atoms with Gasteiger partial charge in [-0.3, -0.25) is 0 Å². The van der Waals surface area contributed by atoms with Gasteiger partial charge < -0.3 is 10.5 Å². The zero-order chi connectivity index (χ0) is 13.8. The van der Waals surface area contributed by atoms with E-state index in [4.69, 9.17) is 10.5 Å². The molecule has 1 aromatic carbocycles. The number of sulfonamides is 1. The number of nitrogens with two attached hydrogens (primary N) is 1. The fourth-order valence-corrected chi connectivity index (χ4v) is 2.47. The van der Waals surface area contributed by atoms with Gasteiger partial charge in [0.15, 0.2) is 0 Å². The van der Waals surface area contributed by atoms with Gasteiger partial charge in [-0.15, -0.1) is 0 Å². The Labute approximate surface area is 104 Å². The van der Waals surface area contributed by atoms with Crippen molar-refractivity contribution in [2.24, 2.45) is 5.73 Å². The summed E-state index contributed by atoms with van der Waals surface area (Å²) in [5.74, 6) is 0.0692. The summed E-state index contributed by atoms with van der Waals surface area (Å²) in [7, 11) is -2.73. The minimum atomic E-state index is -4.02. The molecule has 0 aliphatic heterocycles. The second kappa shape index (κ2) is 6.07. The molecule has 8 heteroatoms. The average Bonchev–Trinajstić information content (AvgIpc) is 2.35. The molecule has 0 amide bonds. The maximum Gasteiger partial charge on any atom is 0.251 e. The monoisotopic (exact) mass is 280 g/mol. The first-order chi connectivity index (χ1) is 8.40. The highest BCUT2D eigenvalue weighted by atomic mass is 32.2. The van der Waals surface area contributed by atoms with E-state index in [2.05, 4.69) is 0 Å². The number of nitrogens with one attached hydrogen (secondary N) is 1. The fraction of sp³-hybridized carbons (Fsp3) is 0.400. The zero-order valence-electron chi connectivity index (χ0n) is 9.69. The number of ether oxygens (including phenoxy) is 1. The molecule has 0 aliphatic rings. The van der Waals surface area contributed by atoms with Crippen LogP contribution in [-0.2, 0) is 16.6 Å². The Morgan fingerprint density at radius 3 is 2.61 bits per heavy atom. The van der Waals surface area contributed by atoms with E-state index in [-0.39, 0.29) is 17.2 Å². The molecule has 0 atom stereocenters. The van der Waals surface area contributed by atoms with Gasteiger partial charge in [-0.2, -0.15) is 0 Å². The summed E-state index contributed by atoms with van der Waals surface area (Å²) < 4.78 is 54.3. The van der Waals surface area contributed by atoms with Crippen molar-refractivity contribution in [3.63, 3.8) is 0 Å². The van der Waals surface area contributed by atoms with Crippen molar-refractivity contribution in [3.8, 4) is 5.75 Å². The van der Waals surface area contributed by atoms with Gasteiger partial charge in [0, 0.05) is 6.54 Å². The van der Waals surface area contributed by atoms with E-state index in [9.17, 15) is 17.2 Å². The third-order valence-corrected chi connectivity index (χ3v) is 3.64. The molecule has 0 spiro atoms. The Morgan fingerprint density at radius 1 is 1.44 bits per heavy atom. The maximum atomic E-state index is 12.0. The van der Waals surface area contributed by atoms with Crippen LogP contribution in [-0.4, -0.2) is 28.5 Å². The van der Waals surface area contributed by atoms with Crippen LogP contribution in [0.3, 0.4) is 0 Å². The summed E-state index contributed by atoms with van der Waals surface area (Å²) in [5.41, 5.74) is 6.09. The second-order valence-electron chi connectivity index (χ2n) is 3.43. The van der Waals surface area contributed by atoms with Crippen LogP contribution >= 0.6 is 0 Å². The lowest BCUT2D eigenvalue weighted by Crippen LogP contribution is -2.29. The minimum absolute atomic E-state index is 0.0692. The van der Waals surface area contributed by atoms with Crippen LogP contribution in [0.25, 0.3) is 0 Å². The number of alkyl halides is 2. The van der Waals surface area contributed by atoms with Gasteiger partial charge in [-0.05, 0) is 17.7 Å². The van der Waals surface area contributed by atoms with Gasteiger partial charge in [0.2, 0.25) is 10.0 Å². The summed E-state index contributed by atoms with van der Waals surface area (Å²) in [6.45, 7) is -0.717. The molecule has 5 nitrogen and oxygen atoms in total. The van der Waals surface area contributed by atoms with Gasteiger partial charge in [-0.25, -0.2) is 21.9 Å². The molecule has 1 rings (SSSR count). The van der Waals surface area contributed by atoms with Crippen LogP contribution in [0.15, 0.2) is 23.1 Å². The number of hydrogen-bond donors (Lipinski definition) is 2. The Balaban J connectivity index is 3.08. The lowest BCUT2D eigenvalue weighted by atomic mass is 10.2. The Hall–Kier alpha value is -1.25. The smallest absolute Gasteiger partial charge is 0.251 e. The first-order valence-corrected chi connectivity index (χ1v) is 6.54. The van der Waals surface area contributed by atoms with Crippen LogP contribution in [0.1, 0.15) is 5.56 Å². The Kier molecular flexibility index (Phi) is 5.00. The highest BCUT2D eigenvalue weighted by molar-refractivity contribution is 7.89. The quantitative estimate of drug-likeness (QED) is 0.803. The lowest BCUT2D eigenvalue weighted by molar-refractivity contribution is 0.153. The Morgan fingerprint density at radius 2 is 2.11 bits per heavy atom. The second-order valence-corrected chi connectivity index (χ2v) is 5.17. The van der Waals surface area contributed by atoms with E-state index >= 15 is 0 Å². The van der Waals surface area contributed by atoms with Crippen LogP contribution in [0.4, 0.5) is 8.78 Å². The molecule has 1 aromatic rings. The van der Waals surface area contributed by atoms with E-state index in [1.54, 1.807) is 4.72 Å². The number of rotatable bonds is 6. The molecule has 3 N–H and O–H groups in total. The largest absolute Gasteiger partial charge is 0.495 e. The molecule has 0 aromatic heterocycles. The molecule has 0 saturated carbocycles. The standard InChI is InChI=1S/C10H14F2N2O3S/c1-17-8-4-7(5-13)2-3-9(8)18(15,16)14-6-10(11)12/h2-4,10,14H,5-6,13H2,1H3. The van der Waals surface area contributed by atoms with Gasteiger partial charge in [0.25, 0.3) is 6.43 Å². The zero-order valence-corrected chi connectivity index (χ0v) is 10.5. The van der Waals surface area contributed by atoms with E-state index in [0.717, 1.165) is 0 Å². The highest BCUT2D eigenvalue weighted by Crippen LogP contribution is 2.24. The number of hydrogen-bond acceptors (Lipinski definition) is 4. The van der Waals surface area contributed by atoms with Crippen LogP contribution in [0.2, 0.25) is 0 Å². The SMILES string of the molecule is COc1cc(CN)ccc1S(=O)(=O)NCC(F)F. The predicted molar refractivity (Wildman–Crippen MR) is 62.1 cm³/mol. The third kappa shape index (κ3) is 3.62. The molecule has 0 radical (unpaired) electrons. The number of methoxy groups -OCH3 is 1. The van der Waals surface area contributed by atoms with E-state index in [1.807, 2.05) is 0 Å². The van der Waals surface area contributed by atoms with E-state index < -0.39 is 23.0 Å². The normalized spacial score (nSPS) is 11.8. The summed E-state index contributed by atoms with van der Waals surface area (Å²) in [4.78, 5) is -0.192. The van der Waals surface area contributed by atoms with Crippen molar-refractivity contribution in [1.82, 2.24) is 4.72 Å². The van der Waals surface area contributed by atoms with Crippen molar-refractivity contribution < 1.29 is 21.9 Å². The van der Waals surface area contributed by atoms with Crippen molar-refractivity contribution in [3.05, 3.63) is 23.8 Å². The first-order valence-electron chi connectivity index (χ1n) is 5.05. The molecule has 0 saturated heterocycles. The van der Waals surface area contributed by atoms with Gasteiger partial charge in [-0.1, -0.05) is 6.07 Å². The summed E-state index contributed by atoms with van der Waals surface area (Å²) in [6.07, 6.45) is -2.76. The summed E-state index contributed by atoms with van der Waals surface area (Å²) in [6, 6.07) is 4.23. The summed E-state index contributed by atoms with van der Waals surface area (Å²) in [5, 5.41) is 0. The van der Waals surface area contributed by atoms with E-state index in [1.165, 1.54) is 25.3 Å². The molecule has 0 unspecified atom stereocenters. The van der Waals surface area contributed by atoms with Gasteiger partial charge >= 0.3 is 0 Å². The number of halogens is 2. The van der Waals surface area contributed by atoms with Crippen molar-refractivity contribution >= 4 is 10.0 Å². The van der Waals surface area contributed by atoms with Crippen molar-refractivity contribution in [1.29, 1.82) is 0 Å². The maximum absolute atomic E-state index is 12.0. The van der Waals surface area contributed by atoms with Gasteiger partial charge in [0.05, 0.1) is 13.7 Å². The molecule has 18 heavy (non-hydrogen) atoms. The Bertz CT molecular complexity index is 506. The van der Waals surface area contributed by atoms with Crippen molar-refractivity contribution in [2.75, 3.05) is 13.7 Å². The third-order valence-electron chi connectivity index (χ3n) is 2.18. The highest BCUT2D eigenvalue weighted by Gasteiger charge is 2.20. The molecular weight excluding hydrogens is 266 g/mol. The average molecular weight is 280 g/mol.